The molecule has 1 atom stereocenters. The molecule has 0 N–H and O–H groups in total. The molecular weight excluding hydrogens is 446 g/mol. The number of benzene rings is 1. The number of hydrogen-bond donors (Lipinski definition) is 0. The van der Waals surface area contributed by atoms with Crippen LogP contribution in [0.3, 0.4) is 0 Å². The molecule has 1 saturated heterocycles. The fourth-order valence-corrected chi connectivity index (χ4v) is 5.86. The number of hydrogen-bond acceptors (Lipinski definition) is 7. The van der Waals surface area contributed by atoms with Gasteiger partial charge >= 0.3 is 0 Å². The molecule has 1 unspecified atom stereocenters. The minimum absolute atomic E-state index is 0.113. The zero-order valence-corrected chi connectivity index (χ0v) is 20.0. The second-order valence-electron chi connectivity index (χ2n) is 9.00. The third-order valence-electron chi connectivity index (χ3n) is 6.91. The summed E-state index contributed by atoms with van der Waals surface area (Å²) >= 11 is 1.70. The molecule has 2 aliphatic rings. The van der Waals surface area contributed by atoms with E-state index in [4.69, 9.17) is 0 Å². The number of piperazine rings is 1. The van der Waals surface area contributed by atoms with Crippen molar-refractivity contribution in [1.29, 1.82) is 0 Å². The zero-order chi connectivity index (χ0) is 23.1. The molecule has 0 spiro atoms. The van der Waals surface area contributed by atoms with Gasteiger partial charge < -0.3 is 19.3 Å². The SMILES string of the molecule is CC1CN(c2cccc3c2CN(c2nccs2)CC3)CCN1C(=O)Cn1cnc2cccnc21. The minimum atomic E-state index is 0.113. The highest BCUT2D eigenvalue weighted by molar-refractivity contribution is 7.13. The molecule has 9 heteroatoms. The van der Waals surface area contributed by atoms with Crippen molar-refractivity contribution in [3.05, 3.63) is 65.6 Å². The molecular formula is C25H27N7OS. The zero-order valence-electron chi connectivity index (χ0n) is 19.2. The lowest BCUT2D eigenvalue weighted by atomic mass is 9.97. The van der Waals surface area contributed by atoms with Gasteiger partial charge in [0.05, 0.1) is 6.33 Å². The first-order chi connectivity index (χ1) is 16.7. The van der Waals surface area contributed by atoms with Crippen LogP contribution in [0.4, 0.5) is 10.8 Å². The van der Waals surface area contributed by atoms with Gasteiger partial charge in [-0.2, -0.15) is 0 Å². The monoisotopic (exact) mass is 473 g/mol. The summed E-state index contributed by atoms with van der Waals surface area (Å²) < 4.78 is 1.84. The van der Waals surface area contributed by atoms with Crippen LogP contribution in [0.5, 0.6) is 0 Å². The Hall–Kier alpha value is -3.46. The van der Waals surface area contributed by atoms with Crippen LogP contribution in [0.1, 0.15) is 18.1 Å². The molecule has 1 amide bonds. The Bertz CT molecular complexity index is 1320. The molecule has 0 bridgehead atoms. The van der Waals surface area contributed by atoms with Gasteiger partial charge in [0.25, 0.3) is 0 Å². The predicted molar refractivity (Wildman–Crippen MR) is 134 cm³/mol. The van der Waals surface area contributed by atoms with E-state index in [0.29, 0.717) is 6.54 Å². The molecule has 1 fully saturated rings. The molecule has 3 aromatic heterocycles. The van der Waals surface area contributed by atoms with Crippen LogP contribution < -0.4 is 9.80 Å². The normalized spacial score (nSPS) is 18.4. The van der Waals surface area contributed by atoms with E-state index in [1.807, 2.05) is 33.2 Å². The second kappa shape index (κ2) is 8.72. The average Bonchev–Trinajstić information content (AvgIpc) is 3.54. The van der Waals surface area contributed by atoms with Gasteiger partial charge in [-0.05, 0) is 42.7 Å². The molecule has 1 aromatic carbocycles. The first-order valence-electron chi connectivity index (χ1n) is 11.7. The maximum absolute atomic E-state index is 13.2. The number of pyridine rings is 1. The number of amides is 1. The summed E-state index contributed by atoms with van der Waals surface area (Å²) in [4.78, 5) is 33.3. The Kier molecular flexibility index (Phi) is 5.41. The summed E-state index contributed by atoms with van der Waals surface area (Å²) in [5.41, 5.74) is 5.68. The quantitative estimate of drug-likeness (QED) is 0.453. The van der Waals surface area contributed by atoms with Gasteiger partial charge in [-0.3, -0.25) is 4.79 Å². The fourth-order valence-electron chi connectivity index (χ4n) is 5.19. The standard InChI is InChI=1S/C25H27N7OS/c1-18-14-29(11-12-32(18)23(33)16-31-17-28-21-5-3-8-26-24(21)31)22-6-2-4-19-7-10-30(15-20(19)22)25-27-9-13-34-25/h2-6,8-9,13,17-18H,7,10-12,14-16H2,1H3. The Balaban J connectivity index is 1.17. The van der Waals surface area contributed by atoms with Crippen molar-refractivity contribution in [2.24, 2.45) is 0 Å². The molecule has 6 rings (SSSR count). The number of carbonyl (C=O) groups is 1. The van der Waals surface area contributed by atoms with Crippen LogP contribution in [-0.2, 0) is 24.3 Å². The number of aromatic nitrogens is 4. The van der Waals surface area contributed by atoms with Gasteiger partial charge in [-0.1, -0.05) is 12.1 Å². The van der Waals surface area contributed by atoms with Crippen molar-refractivity contribution in [3.8, 4) is 0 Å². The summed E-state index contributed by atoms with van der Waals surface area (Å²) in [6.07, 6.45) is 6.36. The van der Waals surface area contributed by atoms with Crippen LogP contribution in [0.15, 0.2) is 54.4 Å². The van der Waals surface area contributed by atoms with E-state index in [2.05, 4.69) is 49.9 Å². The van der Waals surface area contributed by atoms with Crippen LogP contribution >= 0.6 is 11.3 Å². The first-order valence-corrected chi connectivity index (χ1v) is 12.6. The van der Waals surface area contributed by atoms with E-state index in [0.717, 1.165) is 48.9 Å². The highest BCUT2D eigenvalue weighted by atomic mass is 32.1. The highest BCUT2D eigenvalue weighted by Crippen LogP contribution is 2.33. The molecule has 5 heterocycles. The third kappa shape index (κ3) is 3.79. The van der Waals surface area contributed by atoms with Gasteiger partial charge in [0, 0.05) is 62.2 Å². The van der Waals surface area contributed by atoms with Crippen LogP contribution in [0, 0.1) is 0 Å². The predicted octanol–water partition coefficient (Wildman–Crippen LogP) is 3.19. The molecule has 174 valence electrons. The van der Waals surface area contributed by atoms with Crippen molar-refractivity contribution in [3.63, 3.8) is 0 Å². The summed E-state index contributed by atoms with van der Waals surface area (Å²) in [5.74, 6) is 0.113. The Morgan fingerprint density at radius 3 is 2.85 bits per heavy atom. The lowest BCUT2D eigenvalue weighted by Crippen LogP contribution is -2.55. The Morgan fingerprint density at radius 2 is 2.00 bits per heavy atom. The minimum Gasteiger partial charge on any atom is -0.367 e. The summed E-state index contributed by atoms with van der Waals surface area (Å²) in [6, 6.07) is 10.6. The second-order valence-corrected chi connectivity index (χ2v) is 9.87. The van der Waals surface area contributed by atoms with E-state index in [-0.39, 0.29) is 18.5 Å². The van der Waals surface area contributed by atoms with E-state index in [1.165, 1.54) is 16.8 Å². The number of imidazole rings is 1. The van der Waals surface area contributed by atoms with Gasteiger partial charge in [0.1, 0.15) is 12.1 Å². The van der Waals surface area contributed by atoms with Crippen molar-refractivity contribution < 1.29 is 4.79 Å². The lowest BCUT2D eigenvalue weighted by Gasteiger charge is -2.42. The van der Waals surface area contributed by atoms with Crippen molar-refractivity contribution in [2.75, 3.05) is 36.0 Å². The summed E-state index contributed by atoms with van der Waals surface area (Å²) in [6.45, 7) is 6.65. The Morgan fingerprint density at radius 1 is 1.06 bits per heavy atom. The maximum atomic E-state index is 13.2. The van der Waals surface area contributed by atoms with Crippen LogP contribution in [0.25, 0.3) is 11.2 Å². The third-order valence-corrected chi connectivity index (χ3v) is 7.74. The fraction of sp³-hybridized carbons (Fsp3) is 0.360. The van der Waals surface area contributed by atoms with Crippen molar-refractivity contribution in [2.45, 2.75) is 32.5 Å². The molecule has 4 aromatic rings. The summed E-state index contributed by atoms with van der Waals surface area (Å²) in [5, 5.41) is 3.13. The van der Waals surface area contributed by atoms with Gasteiger partial charge in [0.2, 0.25) is 5.91 Å². The van der Waals surface area contributed by atoms with Gasteiger partial charge in [0.15, 0.2) is 10.8 Å². The number of anilines is 2. The Labute approximate surface area is 202 Å². The molecule has 0 saturated carbocycles. The van der Waals surface area contributed by atoms with E-state index >= 15 is 0 Å². The number of fused-ring (bicyclic) bond motifs is 2. The molecule has 2 aliphatic heterocycles. The molecule has 0 radical (unpaired) electrons. The number of thiazole rings is 1. The average molecular weight is 474 g/mol. The summed E-state index contributed by atoms with van der Waals surface area (Å²) in [7, 11) is 0. The topological polar surface area (TPSA) is 70.4 Å². The number of carbonyl (C=O) groups excluding carboxylic acids is 1. The highest BCUT2D eigenvalue weighted by Gasteiger charge is 2.30. The van der Waals surface area contributed by atoms with Crippen LogP contribution in [0.2, 0.25) is 0 Å². The van der Waals surface area contributed by atoms with Crippen LogP contribution in [-0.4, -0.2) is 62.5 Å². The van der Waals surface area contributed by atoms with Crippen molar-refractivity contribution >= 4 is 39.2 Å². The van der Waals surface area contributed by atoms with E-state index < -0.39 is 0 Å². The lowest BCUT2D eigenvalue weighted by molar-refractivity contribution is -0.134. The van der Waals surface area contributed by atoms with E-state index in [9.17, 15) is 4.79 Å². The van der Waals surface area contributed by atoms with Gasteiger partial charge in [-0.25, -0.2) is 15.0 Å². The largest absolute Gasteiger partial charge is 0.367 e. The van der Waals surface area contributed by atoms with Gasteiger partial charge in [-0.15, -0.1) is 11.3 Å². The van der Waals surface area contributed by atoms with Crippen molar-refractivity contribution in [1.82, 2.24) is 24.4 Å². The number of nitrogens with zero attached hydrogens (tertiary/aromatic N) is 7. The molecule has 8 nitrogen and oxygen atoms in total. The first kappa shape index (κ1) is 21.1. The molecule has 0 aliphatic carbocycles. The van der Waals surface area contributed by atoms with E-state index in [1.54, 1.807) is 23.9 Å². The smallest absolute Gasteiger partial charge is 0.242 e. The molecule has 34 heavy (non-hydrogen) atoms. The number of rotatable bonds is 4. The maximum Gasteiger partial charge on any atom is 0.242 e.